The van der Waals surface area contributed by atoms with Gasteiger partial charge in [-0.3, -0.25) is 14.4 Å². The Kier molecular flexibility index (Phi) is 5.00. The van der Waals surface area contributed by atoms with E-state index in [2.05, 4.69) is 5.32 Å². The van der Waals surface area contributed by atoms with Crippen molar-refractivity contribution in [2.45, 2.75) is 19.0 Å². The number of carbonyl (C=O) groups is 3. The van der Waals surface area contributed by atoms with Crippen molar-refractivity contribution in [1.29, 1.82) is 0 Å². The summed E-state index contributed by atoms with van der Waals surface area (Å²) in [6, 6.07) is 20.7. The predicted molar refractivity (Wildman–Crippen MR) is 135 cm³/mol. The van der Waals surface area contributed by atoms with Gasteiger partial charge in [0.1, 0.15) is 6.04 Å². The predicted octanol–water partition coefficient (Wildman–Crippen LogP) is 4.80. The van der Waals surface area contributed by atoms with Gasteiger partial charge >= 0.3 is 0 Å². The molecule has 2 fully saturated rings. The molecule has 3 aliphatic heterocycles. The number of imide groups is 1. The summed E-state index contributed by atoms with van der Waals surface area (Å²) in [6.45, 7) is 1.95. The fourth-order valence-corrected chi connectivity index (χ4v) is 5.68. The maximum Gasteiger partial charge on any atom is 0.247 e. The molecule has 3 aliphatic rings. The Morgan fingerprint density at radius 2 is 1.57 bits per heavy atom. The molecule has 4 atom stereocenters. The number of carbonyl (C=O) groups excluding carboxylic acids is 3. The summed E-state index contributed by atoms with van der Waals surface area (Å²) in [5.74, 6) is -2.43. The van der Waals surface area contributed by atoms with E-state index in [1.807, 2.05) is 60.5 Å². The van der Waals surface area contributed by atoms with Gasteiger partial charge in [-0.05, 0) is 60.5 Å². The Hall–Kier alpha value is -3.90. The molecule has 3 heterocycles. The van der Waals surface area contributed by atoms with Gasteiger partial charge in [-0.1, -0.05) is 53.6 Å². The van der Waals surface area contributed by atoms with E-state index in [4.69, 9.17) is 11.6 Å². The van der Waals surface area contributed by atoms with E-state index < -0.39 is 23.9 Å². The van der Waals surface area contributed by atoms with Crippen LogP contribution in [-0.2, 0) is 14.4 Å². The normalized spacial score (nSPS) is 24.3. The number of hydrogen-bond donors (Lipinski definition) is 1. The van der Waals surface area contributed by atoms with E-state index in [1.54, 1.807) is 36.4 Å². The lowest BCUT2D eigenvalue weighted by atomic mass is 9.84. The van der Waals surface area contributed by atoms with Gasteiger partial charge < -0.3 is 10.2 Å². The summed E-state index contributed by atoms with van der Waals surface area (Å²) in [4.78, 5) is 44.4. The summed E-state index contributed by atoms with van der Waals surface area (Å²) in [7, 11) is 0. The number of aryl methyl sites for hydroxylation is 1. The van der Waals surface area contributed by atoms with Gasteiger partial charge in [0.25, 0.3) is 0 Å². The molecule has 0 bridgehead atoms. The van der Waals surface area contributed by atoms with E-state index in [1.165, 1.54) is 4.90 Å². The smallest absolute Gasteiger partial charge is 0.247 e. The number of fused-ring (bicyclic) bond motifs is 5. The van der Waals surface area contributed by atoms with Gasteiger partial charge in [-0.2, -0.15) is 0 Å². The molecule has 0 saturated carbocycles. The maximum atomic E-state index is 13.8. The minimum Gasteiger partial charge on any atom is -0.357 e. The molecule has 35 heavy (non-hydrogen) atoms. The summed E-state index contributed by atoms with van der Waals surface area (Å²) in [6.07, 6.45) is 3.77. The first-order chi connectivity index (χ1) is 16.9. The highest BCUT2D eigenvalue weighted by Crippen LogP contribution is 2.53. The van der Waals surface area contributed by atoms with Crippen LogP contribution in [0.15, 0.2) is 79.0 Å². The van der Waals surface area contributed by atoms with E-state index in [9.17, 15) is 14.4 Å². The molecule has 3 aromatic carbocycles. The molecule has 3 amide bonds. The molecule has 7 heteroatoms. The molecule has 0 spiro atoms. The van der Waals surface area contributed by atoms with Gasteiger partial charge in [0.15, 0.2) is 0 Å². The van der Waals surface area contributed by atoms with Crippen LogP contribution in [0.3, 0.4) is 0 Å². The van der Waals surface area contributed by atoms with Gasteiger partial charge in [0.05, 0.1) is 23.6 Å². The van der Waals surface area contributed by atoms with Gasteiger partial charge in [0.2, 0.25) is 17.7 Å². The summed E-state index contributed by atoms with van der Waals surface area (Å²) >= 11 is 5.99. The average Bonchev–Trinajstić information content (AvgIpc) is 3.34. The van der Waals surface area contributed by atoms with Gasteiger partial charge in [0, 0.05) is 16.9 Å². The first-order valence-electron chi connectivity index (χ1n) is 11.5. The largest absolute Gasteiger partial charge is 0.357 e. The zero-order valence-corrected chi connectivity index (χ0v) is 19.6. The maximum absolute atomic E-state index is 13.8. The lowest BCUT2D eigenvalue weighted by Crippen LogP contribution is -2.46. The van der Waals surface area contributed by atoms with Crippen LogP contribution in [0.2, 0.25) is 5.02 Å². The van der Waals surface area contributed by atoms with Crippen molar-refractivity contribution in [2.75, 3.05) is 10.2 Å². The first kappa shape index (κ1) is 21.6. The molecular formula is C28H22ClN3O3. The number of anilines is 2. The topological polar surface area (TPSA) is 69.7 Å². The number of halogens is 1. The zero-order valence-electron chi connectivity index (χ0n) is 18.9. The highest BCUT2D eigenvalue weighted by Gasteiger charge is 2.64. The third-order valence-electron chi connectivity index (χ3n) is 7.13. The molecule has 6 nitrogen and oxygen atoms in total. The number of rotatable bonds is 3. The van der Waals surface area contributed by atoms with Crippen LogP contribution in [0.5, 0.6) is 0 Å². The summed E-state index contributed by atoms with van der Waals surface area (Å²) in [5.41, 5.74) is 4.07. The minimum atomic E-state index is -0.836. The second-order valence-corrected chi connectivity index (χ2v) is 9.61. The molecule has 2 saturated heterocycles. The first-order valence-corrected chi connectivity index (χ1v) is 11.9. The molecule has 1 N–H and O–H groups in total. The van der Waals surface area contributed by atoms with Gasteiger partial charge in [-0.15, -0.1) is 0 Å². The van der Waals surface area contributed by atoms with Crippen molar-refractivity contribution in [3.63, 3.8) is 0 Å². The average molecular weight is 484 g/mol. The van der Waals surface area contributed by atoms with Crippen LogP contribution in [0.25, 0.3) is 6.08 Å². The number of hydrogen-bond acceptors (Lipinski definition) is 4. The summed E-state index contributed by atoms with van der Waals surface area (Å²) < 4.78 is 0. The van der Waals surface area contributed by atoms with Crippen molar-refractivity contribution in [3.8, 4) is 0 Å². The van der Waals surface area contributed by atoms with Crippen molar-refractivity contribution < 1.29 is 14.4 Å². The molecular weight excluding hydrogens is 462 g/mol. The minimum absolute atomic E-state index is 0.272. The zero-order chi connectivity index (χ0) is 24.3. The number of amides is 3. The number of nitrogens with one attached hydrogen (secondary N) is 1. The fourth-order valence-electron chi connectivity index (χ4n) is 5.55. The number of benzene rings is 3. The Bertz CT molecular complexity index is 1380. The molecule has 3 aromatic rings. The molecule has 0 aromatic heterocycles. The third-order valence-corrected chi connectivity index (χ3v) is 7.39. The molecule has 0 aliphatic carbocycles. The Morgan fingerprint density at radius 1 is 0.886 bits per heavy atom. The molecule has 6 rings (SSSR count). The number of nitrogens with zero attached hydrogens (tertiary/aromatic N) is 2. The van der Waals surface area contributed by atoms with Crippen LogP contribution in [0.4, 0.5) is 11.4 Å². The van der Waals surface area contributed by atoms with E-state index in [0.717, 1.165) is 16.7 Å². The summed E-state index contributed by atoms with van der Waals surface area (Å²) in [5, 5.41) is 3.48. The lowest BCUT2D eigenvalue weighted by Gasteiger charge is -2.35. The monoisotopic (exact) mass is 483 g/mol. The third kappa shape index (κ3) is 3.36. The van der Waals surface area contributed by atoms with Crippen LogP contribution in [0, 0.1) is 18.8 Å². The van der Waals surface area contributed by atoms with Crippen molar-refractivity contribution in [1.82, 2.24) is 4.90 Å². The molecule has 0 radical (unpaired) electrons. The SMILES string of the molecule is Cc1ccc(N2C(=O)[C@H]3[C@@H](C2=O)C2c4ccccc4C=CN2[C@H]3C(=O)Nc2ccc(Cl)cc2)cc1. The molecule has 174 valence electrons. The quantitative estimate of drug-likeness (QED) is 0.543. The Morgan fingerprint density at radius 3 is 2.31 bits per heavy atom. The van der Waals surface area contributed by atoms with Crippen molar-refractivity contribution >= 4 is 46.8 Å². The second kappa shape index (κ2) is 8.10. The lowest BCUT2D eigenvalue weighted by molar-refractivity contribution is -0.128. The standard InChI is InChI=1S/C28H22ClN3O3/c1-16-6-12-20(13-7-16)32-27(34)22-23(28(32)35)25(26(33)30-19-10-8-18(29)9-11-19)31-15-14-17-4-2-3-5-21(17)24(22)31/h2-15,22-25H,1H3,(H,30,33)/t22-,23+,24?,25-/m1/s1. The van der Waals surface area contributed by atoms with E-state index in [0.29, 0.717) is 16.4 Å². The van der Waals surface area contributed by atoms with E-state index in [-0.39, 0.29) is 17.7 Å². The van der Waals surface area contributed by atoms with Crippen LogP contribution in [-0.4, -0.2) is 28.7 Å². The van der Waals surface area contributed by atoms with Crippen LogP contribution in [0.1, 0.15) is 22.7 Å². The molecule has 1 unspecified atom stereocenters. The Balaban J connectivity index is 1.43. The van der Waals surface area contributed by atoms with Crippen molar-refractivity contribution in [3.05, 3.63) is 101 Å². The Labute approximate surface area is 207 Å². The van der Waals surface area contributed by atoms with Gasteiger partial charge in [-0.25, -0.2) is 4.90 Å². The van der Waals surface area contributed by atoms with Crippen molar-refractivity contribution in [2.24, 2.45) is 11.8 Å². The fraction of sp³-hybridized carbons (Fsp3) is 0.179. The van der Waals surface area contributed by atoms with Crippen LogP contribution >= 0.6 is 11.6 Å². The van der Waals surface area contributed by atoms with E-state index >= 15 is 0 Å². The highest BCUT2D eigenvalue weighted by atomic mass is 35.5. The van der Waals surface area contributed by atoms with Crippen LogP contribution < -0.4 is 10.2 Å². The second-order valence-electron chi connectivity index (χ2n) is 9.18. The highest BCUT2D eigenvalue weighted by molar-refractivity contribution is 6.30.